The predicted octanol–water partition coefficient (Wildman–Crippen LogP) is 4.08. The summed E-state index contributed by atoms with van der Waals surface area (Å²) in [6, 6.07) is 13.4. The number of anilines is 2. The highest BCUT2D eigenvalue weighted by molar-refractivity contribution is 6.00. The molecule has 2 bridgehead atoms. The Kier molecular flexibility index (Phi) is 4.94. The lowest BCUT2D eigenvalue weighted by Crippen LogP contribution is -2.41. The molecule has 0 radical (unpaired) electrons. The van der Waals surface area contributed by atoms with Gasteiger partial charge in [-0.05, 0) is 55.7 Å². The number of fused-ring (bicyclic) bond motifs is 2. The molecule has 2 saturated heterocycles. The molecule has 4 rings (SSSR count). The van der Waals surface area contributed by atoms with Gasteiger partial charge in [0.2, 0.25) is 0 Å². The summed E-state index contributed by atoms with van der Waals surface area (Å²) in [6.45, 7) is -2.86. The molecule has 2 N–H and O–H groups in total. The molecule has 2 aliphatic heterocycles. The van der Waals surface area contributed by atoms with Crippen LogP contribution in [0.25, 0.3) is 0 Å². The van der Waals surface area contributed by atoms with Crippen LogP contribution in [-0.4, -0.2) is 30.8 Å². The first-order chi connectivity index (χ1) is 13.1. The molecule has 1 amide bonds. The van der Waals surface area contributed by atoms with Crippen molar-refractivity contribution in [1.82, 2.24) is 5.32 Å². The van der Waals surface area contributed by atoms with Crippen molar-refractivity contribution in [2.24, 2.45) is 0 Å². The maximum absolute atomic E-state index is 12.8. The Hall–Kier alpha value is -2.67. The molecular formula is C20H20F2N2O3. The van der Waals surface area contributed by atoms with Crippen LogP contribution in [0, 0.1) is 0 Å². The highest BCUT2D eigenvalue weighted by Crippen LogP contribution is 2.34. The molecule has 27 heavy (non-hydrogen) atoms. The van der Waals surface area contributed by atoms with Gasteiger partial charge in [-0.15, -0.1) is 0 Å². The fourth-order valence-corrected chi connectivity index (χ4v) is 3.70. The smallest absolute Gasteiger partial charge is 0.387 e. The largest absolute Gasteiger partial charge is 0.435 e. The third-order valence-corrected chi connectivity index (χ3v) is 4.95. The van der Waals surface area contributed by atoms with Gasteiger partial charge in [-0.2, -0.15) is 8.78 Å². The number of benzene rings is 2. The van der Waals surface area contributed by atoms with E-state index in [0.717, 1.165) is 19.3 Å². The van der Waals surface area contributed by atoms with Crippen molar-refractivity contribution in [3.05, 3.63) is 54.1 Å². The monoisotopic (exact) mass is 374 g/mol. The minimum Gasteiger partial charge on any atom is -0.435 e. The highest BCUT2D eigenvalue weighted by atomic mass is 19.3. The van der Waals surface area contributed by atoms with E-state index in [2.05, 4.69) is 15.4 Å². The molecule has 3 atom stereocenters. The van der Waals surface area contributed by atoms with Gasteiger partial charge in [0, 0.05) is 5.69 Å². The SMILES string of the molecule is O=C(N[C@@H]1C[C@H]2CC[C@@H]1O2)c1ccccc1Nc1ccc(OC(F)F)cc1. The first kappa shape index (κ1) is 17.7. The van der Waals surface area contributed by atoms with Crippen molar-refractivity contribution in [2.45, 2.75) is 44.1 Å². The molecule has 0 aliphatic carbocycles. The van der Waals surface area contributed by atoms with Crippen LogP contribution in [0.4, 0.5) is 20.2 Å². The van der Waals surface area contributed by atoms with Gasteiger partial charge in [0.05, 0.1) is 29.5 Å². The lowest BCUT2D eigenvalue weighted by atomic mass is 9.95. The Labute approximate surface area is 155 Å². The second kappa shape index (κ2) is 7.52. The lowest BCUT2D eigenvalue weighted by Gasteiger charge is -2.21. The Morgan fingerprint density at radius 1 is 1.11 bits per heavy atom. The summed E-state index contributed by atoms with van der Waals surface area (Å²) in [4.78, 5) is 12.8. The first-order valence-electron chi connectivity index (χ1n) is 8.96. The number of amides is 1. The summed E-state index contributed by atoms with van der Waals surface area (Å²) in [5, 5.41) is 6.23. The van der Waals surface area contributed by atoms with Crippen molar-refractivity contribution in [3.8, 4) is 5.75 Å². The number of carbonyl (C=O) groups excluding carboxylic acids is 1. The molecule has 0 aromatic heterocycles. The molecule has 2 aromatic rings. The number of alkyl halides is 2. The topological polar surface area (TPSA) is 59.6 Å². The number of nitrogens with one attached hydrogen (secondary N) is 2. The van der Waals surface area contributed by atoms with Gasteiger partial charge in [0.15, 0.2) is 0 Å². The maximum Gasteiger partial charge on any atom is 0.387 e. The van der Waals surface area contributed by atoms with Gasteiger partial charge in [0.25, 0.3) is 5.91 Å². The molecule has 7 heteroatoms. The number of para-hydroxylation sites is 1. The van der Waals surface area contributed by atoms with E-state index in [0.29, 0.717) is 16.9 Å². The zero-order chi connectivity index (χ0) is 18.8. The number of rotatable bonds is 6. The Bertz CT molecular complexity index is 813. The van der Waals surface area contributed by atoms with Crippen LogP contribution in [0.3, 0.4) is 0 Å². The van der Waals surface area contributed by atoms with Gasteiger partial charge in [-0.1, -0.05) is 12.1 Å². The summed E-state index contributed by atoms with van der Waals surface area (Å²) in [7, 11) is 0. The van der Waals surface area contributed by atoms with Gasteiger partial charge in [-0.3, -0.25) is 4.79 Å². The Morgan fingerprint density at radius 2 is 1.89 bits per heavy atom. The van der Waals surface area contributed by atoms with Crippen LogP contribution >= 0.6 is 0 Å². The summed E-state index contributed by atoms with van der Waals surface area (Å²) >= 11 is 0. The van der Waals surface area contributed by atoms with Crippen molar-refractivity contribution in [2.75, 3.05) is 5.32 Å². The van der Waals surface area contributed by atoms with Crippen molar-refractivity contribution < 1.29 is 23.0 Å². The van der Waals surface area contributed by atoms with E-state index in [1.807, 2.05) is 6.07 Å². The zero-order valence-electron chi connectivity index (χ0n) is 14.5. The highest BCUT2D eigenvalue weighted by Gasteiger charge is 2.41. The lowest BCUT2D eigenvalue weighted by molar-refractivity contribution is -0.0498. The second-order valence-corrected chi connectivity index (χ2v) is 6.76. The minimum absolute atomic E-state index is 0.0510. The summed E-state index contributed by atoms with van der Waals surface area (Å²) in [5.74, 6) is -0.0743. The zero-order valence-corrected chi connectivity index (χ0v) is 14.5. The average Bonchev–Trinajstić information content (AvgIpc) is 3.26. The number of carbonyl (C=O) groups is 1. The van der Waals surface area contributed by atoms with E-state index in [4.69, 9.17) is 4.74 Å². The number of ether oxygens (including phenoxy) is 2. The van der Waals surface area contributed by atoms with Crippen LogP contribution < -0.4 is 15.4 Å². The van der Waals surface area contributed by atoms with E-state index in [1.54, 1.807) is 30.3 Å². The van der Waals surface area contributed by atoms with Gasteiger partial charge in [0.1, 0.15) is 5.75 Å². The van der Waals surface area contributed by atoms with E-state index < -0.39 is 6.61 Å². The molecule has 2 aliphatic rings. The molecular weight excluding hydrogens is 354 g/mol. The fraction of sp³-hybridized carbons (Fsp3) is 0.350. The Balaban J connectivity index is 1.45. The van der Waals surface area contributed by atoms with Crippen molar-refractivity contribution in [1.29, 1.82) is 0 Å². The standard InChI is InChI=1S/C20H20F2N2O3/c21-20(22)27-13-7-5-12(6-8-13)23-16-4-2-1-3-15(16)19(25)24-17-11-14-9-10-18(17)26-14/h1-8,14,17-18,20,23H,9-11H2,(H,24,25)/t14-,17-,18+/m1/s1. The van der Waals surface area contributed by atoms with Crippen molar-refractivity contribution in [3.63, 3.8) is 0 Å². The van der Waals surface area contributed by atoms with Crippen LogP contribution in [0.15, 0.2) is 48.5 Å². The van der Waals surface area contributed by atoms with E-state index >= 15 is 0 Å². The van der Waals surface area contributed by atoms with Gasteiger partial charge in [-0.25, -0.2) is 0 Å². The minimum atomic E-state index is -2.86. The third-order valence-electron chi connectivity index (χ3n) is 4.95. The summed E-state index contributed by atoms with van der Waals surface area (Å²) in [5.41, 5.74) is 1.83. The van der Waals surface area contributed by atoms with E-state index in [9.17, 15) is 13.6 Å². The average molecular weight is 374 g/mol. The van der Waals surface area contributed by atoms with Crippen molar-refractivity contribution >= 4 is 17.3 Å². The van der Waals surface area contributed by atoms with Crippen LogP contribution in [0.5, 0.6) is 5.75 Å². The molecule has 5 nitrogen and oxygen atoms in total. The molecule has 0 unspecified atom stereocenters. The fourth-order valence-electron chi connectivity index (χ4n) is 3.70. The van der Waals surface area contributed by atoms with Crippen LogP contribution in [0.2, 0.25) is 0 Å². The van der Waals surface area contributed by atoms with Crippen LogP contribution in [0.1, 0.15) is 29.6 Å². The normalized spacial score (nSPS) is 23.4. The number of hydrogen-bond acceptors (Lipinski definition) is 4. The third kappa shape index (κ3) is 4.03. The first-order valence-corrected chi connectivity index (χ1v) is 8.96. The quantitative estimate of drug-likeness (QED) is 0.800. The Morgan fingerprint density at radius 3 is 2.56 bits per heavy atom. The molecule has 2 fully saturated rings. The number of halogens is 2. The van der Waals surface area contributed by atoms with Gasteiger partial charge < -0.3 is 20.1 Å². The maximum atomic E-state index is 12.8. The van der Waals surface area contributed by atoms with Crippen LogP contribution in [-0.2, 0) is 4.74 Å². The summed E-state index contributed by atoms with van der Waals surface area (Å²) in [6.07, 6.45) is 3.30. The number of hydrogen-bond donors (Lipinski definition) is 2. The predicted molar refractivity (Wildman–Crippen MR) is 96.6 cm³/mol. The summed E-state index contributed by atoms with van der Waals surface area (Å²) < 4.78 is 34.6. The second-order valence-electron chi connectivity index (χ2n) is 6.76. The molecule has 2 aromatic carbocycles. The van der Waals surface area contributed by atoms with E-state index in [-0.39, 0.29) is 29.9 Å². The molecule has 0 saturated carbocycles. The van der Waals surface area contributed by atoms with E-state index in [1.165, 1.54) is 12.1 Å². The van der Waals surface area contributed by atoms with Gasteiger partial charge >= 0.3 is 6.61 Å². The molecule has 142 valence electrons. The molecule has 2 heterocycles. The molecule has 0 spiro atoms.